The van der Waals surface area contributed by atoms with Crippen LogP contribution >= 0.6 is 0 Å². The summed E-state index contributed by atoms with van der Waals surface area (Å²) in [6.07, 6.45) is 3.96. The Bertz CT molecular complexity index is 3290. The van der Waals surface area contributed by atoms with Gasteiger partial charge in [0, 0.05) is 56.1 Å². The minimum absolute atomic E-state index is 0.892. The van der Waals surface area contributed by atoms with Crippen LogP contribution in [0.25, 0.3) is 110 Å². The smallest absolute Gasteiger partial charge is 0.138 e. The minimum Gasteiger partial charge on any atom is -0.309 e. The molecule has 0 saturated carbocycles. The van der Waals surface area contributed by atoms with Gasteiger partial charge in [-0.25, -0.2) is 4.98 Å². The van der Waals surface area contributed by atoms with Gasteiger partial charge in [-0.1, -0.05) is 97.1 Å². The first kappa shape index (κ1) is 27.7. The maximum atomic E-state index is 5.15. The lowest BCUT2D eigenvalue weighted by molar-refractivity contribution is 1.08. The van der Waals surface area contributed by atoms with Gasteiger partial charge in [0.05, 0.1) is 27.8 Å². The second kappa shape index (κ2) is 10.3. The number of para-hydroxylation sites is 2. The number of hydrogen-bond donors (Lipinski definition) is 0. The largest absolute Gasteiger partial charge is 0.309 e. The van der Waals surface area contributed by atoms with Gasteiger partial charge in [-0.2, -0.15) is 0 Å². The molecule has 4 heterocycles. The first-order valence-electron chi connectivity index (χ1n) is 17.7. The Morgan fingerprint density at radius 2 is 1.10 bits per heavy atom. The van der Waals surface area contributed by atoms with Crippen LogP contribution in [0.15, 0.2) is 170 Å². The molecule has 0 aliphatic heterocycles. The van der Waals surface area contributed by atoms with Crippen LogP contribution in [0.2, 0.25) is 0 Å². The lowest BCUT2D eigenvalue weighted by atomic mass is 9.99. The van der Waals surface area contributed by atoms with E-state index < -0.39 is 0 Å². The van der Waals surface area contributed by atoms with Crippen molar-refractivity contribution >= 4 is 65.2 Å². The molecular weight excluding hydrogens is 633 g/mol. The highest BCUT2D eigenvalue weighted by atomic mass is 15.1. The molecule has 0 atom stereocenters. The maximum absolute atomic E-state index is 5.15. The van der Waals surface area contributed by atoms with E-state index in [1.807, 2.05) is 12.4 Å². The highest BCUT2D eigenvalue weighted by Gasteiger charge is 2.25. The van der Waals surface area contributed by atoms with E-state index >= 15 is 0 Å². The summed E-state index contributed by atoms with van der Waals surface area (Å²) >= 11 is 0. The lowest BCUT2D eigenvalue weighted by Crippen LogP contribution is -1.98. The average molecular weight is 661 g/mol. The topological polar surface area (TPSA) is 35.6 Å². The average Bonchev–Trinajstić information content (AvgIpc) is 3.84. The first-order chi connectivity index (χ1) is 25.8. The Morgan fingerprint density at radius 1 is 0.385 bits per heavy atom. The second-order valence-electron chi connectivity index (χ2n) is 13.8. The van der Waals surface area contributed by atoms with Gasteiger partial charge in [0.2, 0.25) is 0 Å². The molecule has 4 heteroatoms. The molecule has 4 aromatic heterocycles. The highest BCUT2D eigenvalue weighted by molar-refractivity contribution is 6.22. The number of fused-ring (bicyclic) bond motifs is 11. The molecule has 0 amide bonds. The number of rotatable bonds is 3. The molecule has 240 valence electrons. The van der Waals surface area contributed by atoms with Crippen LogP contribution in [0.3, 0.4) is 0 Å². The number of aromatic nitrogens is 4. The fraction of sp³-hybridized carbons (Fsp3) is 0. The third kappa shape index (κ3) is 3.70. The van der Waals surface area contributed by atoms with Crippen molar-refractivity contribution in [2.24, 2.45) is 0 Å². The van der Waals surface area contributed by atoms with Crippen molar-refractivity contribution in [3.8, 4) is 45.0 Å². The monoisotopic (exact) mass is 660 g/mol. The van der Waals surface area contributed by atoms with E-state index in [0.717, 1.165) is 33.7 Å². The Labute approximate surface area is 298 Å². The fourth-order valence-electron chi connectivity index (χ4n) is 8.86. The summed E-state index contributed by atoms with van der Waals surface area (Å²) in [6, 6.07) is 57.2. The van der Waals surface area contributed by atoms with Crippen molar-refractivity contribution in [2.75, 3.05) is 0 Å². The van der Waals surface area contributed by atoms with E-state index in [0.29, 0.717) is 0 Å². The molecule has 11 aromatic rings. The molecule has 0 saturated heterocycles. The molecule has 0 radical (unpaired) electrons. The number of nitrogens with zero attached hydrogens (tertiary/aromatic N) is 4. The lowest BCUT2D eigenvalue weighted by Gasteiger charge is -2.10. The molecule has 1 aliphatic rings. The normalized spacial score (nSPS) is 12.2. The zero-order valence-corrected chi connectivity index (χ0v) is 28.0. The predicted octanol–water partition coefficient (Wildman–Crippen LogP) is 12.3. The van der Waals surface area contributed by atoms with Crippen LogP contribution in [-0.2, 0) is 0 Å². The number of benzene rings is 7. The summed E-state index contributed by atoms with van der Waals surface area (Å²) < 4.78 is 4.70. The molecule has 0 fully saturated rings. The van der Waals surface area contributed by atoms with E-state index in [1.165, 1.54) is 76.5 Å². The standard InChI is InChI=1S/C48H28N4/c1-2-11-33(12-3-1)51-41-16-7-6-14-35(41)37-25-31(18-20-42(37)51)32-19-21-43-39(26-32)47-34-13-5-4-9-29(34)17-22-44(47)52(43)45-27-38-40(28-50-45)36-15-8-10-30-23-24-49-48(38)46(30)36/h1-28H. The van der Waals surface area contributed by atoms with Crippen LogP contribution in [0.4, 0.5) is 0 Å². The van der Waals surface area contributed by atoms with E-state index in [9.17, 15) is 0 Å². The van der Waals surface area contributed by atoms with E-state index in [-0.39, 0.29) is 0 Å². The molecule has 0 bridgehead atoms. The van der Waals surface area contributed by atoms with Crippen molar-refractivity contribution < 1.29 is 0 Å². The Morgan fingerprint density at radius 3 is 1.98 bits per heavy atom. The van der Waals surface area contributed by atoms with Crippen LogP contribution < -0.4 is 0 Å². The van der Waals surface area contributed by atoms with Crippen LogP contribution in [0, 0.1) is 0 Å². The van der Waals surface area contributed by atoms with Gasteiger partial charge in [-0.3, -0.25) is 9.55 Å². The first-order valence-corrected chi connectivity index (χ1v) is 17.7. The Hall–Kier alpha value is -7.04. The second-order valence-corrected chi connectivity index (χ2v) is 13.8. The molecule has 0 N–H and O–H groups in total. The van der Waals surface area contributed by atoms with E-state index in [1.54, 1.807) is 0 Å². The summed E-state index contributed by atoms with van der Waals surface area (Å²) in [7, 11) is 0. The van der Waals surface area contributed by atoms with Crippen molar-refractivity contribution in [3.63, 3.8) is 0 Å². The van der Waals surface area contributed by atoms with Gasteiger partial charge in [0.25, 0.3) is 0 Å². The SMILES string of the molecule is c1ccc(-n2c3ccccc3c3cc(-c4ccc5c(c4)c4c6ccccc6ccc4n5-c4cc5c(cn4)-c4cccc6ccnc-5c46)ccc32)cc1. The van der Waals surface area contributed by atoms with Gasteiger partial charge in [-0.05, 0) is 93.5 Å². The summed E-state index contributed by atoms with van der Waals surface area (Å²) in [4.78, 5) is 10.0. The predicted molar refractivity (Wildman–Crippen MR) is 216 cm³/mol. The van der Waals surface area contributed by atoms with Gasteiger partial charge in [0.15, 0.2) is 0 Å². The molecule has 4 nitrogen and oxygen atoms in total. The third-order valence-corrected chi connectivity index (χ3v) is 11.1. The quantitative estimate of drug-likeness (QED) is 0.189. The molecule has 52 heavy (non-hydrogen) atoms. The summed E-state index contributed by atoms with van der Waals surface area (Å²) in [5.74, 6) is 0.892. The molecule has 0 unspecified atom stereocenters. The summed E-state index contributed by atoms with van der Waals surface area (Å²) in [5, 5.41) is 9.83. The zero-order chi connectivity index (χ0) is 33.9. The molecule has 7 aromatic carbocycles. The summed E-state index contributed by atoms with van der Waals surface area (Å²) in [5.41, 5.74) is 12.7. The maximum Gasteiger partial charge on any atom is 0.138 e. The van der Waals surface area contributed by atoms with Crippen molar-refractivity contribution in [2.45, 2.75) is 0 Å². The van der Waals surface area contributed by atoms with Crippen LogP contribution in [-0.4, -0.2) is 19.1 Å². The molecular formula is C48H28N4. The van der Waals surface area contributed by atoms with E-state index in [2.05, 4.69) is 167 Å². The number of hydrogen-bond acceptors (Lipinski definition) is 2. The van der Waals surface area contributed by atoms with Crippen LogP contribution in [0.1, 0.15) is 0 Å². The zero-order valence-electron chi connectivity index (χ0n) is 28.0. The Kier molecular flexibility index (Phi) is 5.47. The molecule has 1 aliphatic carbocycles. The van der Waals surface area contributed by atoms with Gasteiger partial charge >= 0.3 is 0 Å². The number of pyridine rings is 2. The van der Waals surface area contributed by atoms with Crippen molar-refractivity contribution in [3.05, 3.63) is 170 Å². The highest BCUT2D eigenvalue weighted by Crippen LogP contribution is 2.47. The van der Waals surface area contributed by atoms with Crippen LogP contribution in [0.5, 0.6) is 0 Å². The van der Waals surface area contributed by atoms with Crippen molar-refractivity contribution in [1.82, 2.24) is 19.1 Å². The van der Waals surface area contributed by atoms with Crippen molar-refractivity contribution in [1.29, 1.82) is 0 Å². The fourth-order valence-corrected chi connectivity index (χ4v) is 8.86. The summed E-state index contributed by atoms with van der Waals surface area (Å²) in [6.45, 7) is 0. The van der Waals surface area contributed by atoms with Gasteiger partial charge < -0.3 is 4.57 Å². The molecule has 12 rings (SSSR count). The minimum atomic E-state index is 0.892. The molecule has 0 spiro atoms. The third-order valence-electron chi connectivity index (χ3n) is 11.1. The van der Waals surface area contributed by atoms with Gasteiger partial charge in [-0.15, -0.1) is 0 Å². The Balaban J connectivity index is 1.10. The van der Waals surface area contributed by atoms with E-state index in [4.69, 9.17) is 9.97 Å². The van der Waals surface area contributed by atoms with Gasteiger partial charge in [0.1, 0.15) is 5.82 Å².